The van der Waals surface area contributed by atoms with Crippen molar-refractivity contribution >= 4 is 26.6 Å². The maximum atomic E-state index is 13.4. The molecule has 200 valence electrons. The average Bonchev–Trinajstić information content (AvgIpc) is 3.13. The first kappa shape index (κ1) is 28.0. The van der Waals surface area contributed by atoms with Gasteiger partial charge in [-0.25, -0.2) is 18.4 Å². The minimum Gasteiger partial charge on any atom is -0.350 e. The van der Waals surface area contributed by atoms with Gasteiger partial charge < -0.3 is 14.0 Å². The van der Waals surface area contributed by atoms with Crippen molar-refractivity contribution < 1.29 is 34.8 Å². The molecule has 0 saturated carbocycles. The molecule has 0 aliphatic carbocycles. The molecule has 0 N–H and O–H groups in total. The molecule has 0 radical (unpaired) electrons. The minimum absolute atomic E-state index is 0.0936. The molecule has 0 amide bonds. The molecule has 0 spiro atoms. The van der Waals surface area contributed by atoms with Crippen LogP contribution < -0.4 is 10.5 Å². The largest absolute Gasteiger partial charge is 0.431 e. The van der Waals surface area contributed by atoms with Crippen LogP contribution in [0.25, 0.3) is 22.6 Å². The molecule has 0 aliphatic rings. The van der Waals surface area contributed by atoms with Crippen molar-refractivity contribution in [1.82, 2.24) is 19.1 Å². The molecular formula is C22H21F6N5O3S. The number of halogens is 6. The van der Waals surface area contributed by atoms with Crippen LogP contribution >= 0.6 is 0 Å². The van der Waals surface area contributed by atoms with Crippen LogP contribution in [0.4, 0.5) is 32.0 Å². The van der Waals surface area contributed by atoms with E-state index < -0.39 is 39.0 Å². The Balaban J connectivity index is 2.23. The molecule has 8 nitrogen and oxygen atoms in total. The Morgan fingerprint density at radius 2 is 1.76 bits per heavy atom. The van der Waals surface area contributed by atoms with Gasteiger partial charge in [-0.05, 0) is 18.2 Å². The van der Waals surface area contributed by atoms with Gasteiger partial charge in [-0.3, -0.25) is 4.79 Å². The summed E-state index contributed by atoms with van der Waals surface area (Å²) in [7, 11) is -0.380. The molecule has 0 saturated heterocycles. The SMILES string of the molecule is C=C(/C=C\N(C)c1cnc(-c2nc3cc(C(F)(F)F)n(C)c(=O)c3n2C)c(S(=O)(=O)CC)c1)C(F)(F)F. The van der Waals surface area contributed by atoms with Gasteiger partial charge in [0.25, 0.3) is 5.56 Å². The van der Waals surface area contributed by atoms with Crippen molar-refractivity contribution in [3.05, 3.63) is 58.8 Å². The molecule has 3 aromatic heterocycles. The molecule has 0 atom stereocenters. The van der Waals surface area contributed by atoms with Crippen LogP contribution in [0.2, 0.25) is 0 Å². The smallest absolute Gasteiger partial charge is 0.350 e. The number of aryl methyl sites for hydroxylation is 1. The number of alkyl halides is 6. The van der Waals surface area contributed by atoms with Crippen molar-refractivity contribution in [2.75, 3.05) is 17.7 Å². The lowest BCUT2D eigenvalue weighted by Crippen LogP contribution is -2.26. The van der Waals surface area contributed by atoms with Gasteiger partial charge in [0.2, 0.25) is 0 Å². The molecule has 3 rings (SSSR count). The fourth-order valence-electron chi connectivity index (χ4n) is 3.42. The molecule has 15 heteroatoms. The predicted molar refractivity (Wildman–Crippen MR) is 125 cm³/mol. The van der Waals surface area contributed by atoms with E-state index in [1.165, 1.54) is 25.9 Å². The number of nitrogens with zero attached hydrogens (tertiary/aromatic N) is 5. The van der Waals surface area contributed by atoms with Gasteiger partial charge in [0.1, 0.15) is 16.9 Å². The van der Waals surface area contributed by atoms with Crippen molar-refractivity contribution in [2.45, 2.75) is 24.2 Å². The first-order valence-electron chi connectivity index (χ1n) is 10.4. The van der Waals surface area contributed by atoms with E-state index in [-0.39, 0.29) is 38.9 Å². The number of pyridine rings is 2. The number of hydrogen-bond acceptors (Lipinski definition) is 6. The maximum Gasteiger partial charge on any atom is 0.431 e. The van der Waals surface area contributed by atoms with Crippen LogP contribution in [0.5, 0.6) is 0 Å². The highest BCUT2D eigenvalue weighted by Crippen LogP contribution is 2.33. The van der Waals surface area contributed by atoms with Crippen LogP contribution in [-0.4, -0.2) is 46.5 Å². The molecule has 3 heterocycles. The van der Waals surface area contributed by atoms with Crippen LogP contribution in [0.15, 0.2) is 52.4 Å². The first-order chi connectivity index (χ1) is 16.9. The molecule has 0 bridgehead atoms. The second-order valence-electron chi connectivity index (χ2n) is 8.01. The number of fused-ring (bicyclic) bond motifs is 1. The standard InChI is InChI=1S/C22H21F6N5O3S/c1-6-37(35,36)15-9-13(31(3)8-7-12(2)21(23,24)25)11-29-17(15)19-30-14-10-16(22(26,27)28)32(4)20(34)18(14)33(19)5/h7-11H,2,6H2,1,3-5H3/b8-7-. The molecule has 0 aromatic carbocycles. The second kappa shape index (κ2) is 9.36. The number of rotatable bonds is 6. The predicted octanol–water partition coefficient (Wildman–Crippen LogP) is 4.21. The van der Waals surface area contributed by atoms with E-state index in [1.807, 2.05) is 0 Å². The Hall–Kier alpha value is -3.62. The summed E-state index contributed by atoms with van der Waals surface area (Å²) in [6, 6.07) is 1.83. The highest BCUT2D eigenvalue weighted by Gasteiger charge is 2.35. The number of imidazole rings is 1. The van der Waals surface area contributed by atoms with Gasteiger partial charge in [-0.15, -0.1) is 0 Å². The summed E-state index contributed by atoms with van der Waals surface area (Å²) >= 11 is 0. The van der Waals surface area contributed by atoms with E-state index in [4.69, 9.17) is 0 Å². The first-order valence-corrected chi connectivity index (χ1v) is 12.1. The number of hydrogen-bond donors (Lipinski definition) is 0. The zero-order valence-corrected chi connectivity index (χ0v) is 20.8. The van der Waals surface area contributed by atoms with Gasteiger partial charge >= 0.3 is 12.4 Å². The average molecular weight is 549 g/mol. The Bertz CT molecular complexity index is 1580. The normalized spacial score (nSPS) is 13.0. The Morgan fingerprint density at radius 1 is 1.14 bits per heavy atom. The van der Waals surface area contributed by atoms with Gasteiger partial charge in [-0.1, -0.05) is 13.5 Å². The third kappa shape index (κ3) is 5.26. The Labute approximate surface area is 207 Å². The second-order valence-corrected chi connectivity index (χ2v) is 10.3. The van der Waals surface area contributed by atoms with Crippen LogP contribution in [0.1, 0.15) is 12.6 Å². The molecule has 0 aliphatic heterocycles. The Morgan fingerprint density at radius 3 is 2.30 bits per heavy atom. The topological polar surface area (TPSA) is 90.1 Å². The van der Waals surface area contributed by atoms with Crippen molar-refractivity contribution in [1.29, 1.82) is 0 Å². The van der Waals surface area contributed by atoms with Crippen molar-refractivity contribution in [2.24, 2.45) is 14.1 Å². The molecule has 37 heavy (non-hydrogen) atoms. The zero-order valence-electron chi connectivity index (χ0n) is 19.9. The summed E-state index contributed by atoms with van der Waals surface area (Å²) in [5.41, 5.74) is -4.05. The number of allylic oxidation sites excluding steroid dienone is 2. The van der Waals surface area contributed by atoms with E-state index in [2.05, 4.69) is 16.5 Å². The van der Waals surface area contributed by atoms with Gasteiger partial charge in [0, 0.05) is 32.9 Å². The van der Waals surface area contributed by atoms with Gasteiger partial charge in [0.05, 0.1) is 28.0 Å². The number of anilines is 1. The summed E-state index contributed by atoms with van der Waals surface area (Å²) in [4.78, 5) is 21.7. The van der Waals surface area contributed by atoms with E-state index >= 15 is 0 Å². The quantitative estimate of drug-likeness (QED) is 0.338. The fraction of sp³-hybridized carbons (Fsp3) is 0.318. The summed E-state index contributed by atoms with van der Waals surface area (Å²) in [6.07, 6.45) is -6.62. The van der Waals surface area contributed by atoms with Crippen molar-refractivity contribution in [3.63, 3.8) is 0 Å². The lowest BCUT2D eigenvalue weighted by atomic mass is 10.2. The summed E-state index contributed by atoms with van der Waals surface area (Å²) < 4.78 is 106. The lowest BCUT2D eigenvalue weighted by molar-refractivity contribution is -0.143. The van der Waals surface area contributed by atoms with E-state index in [0.29, 0.717) is 16.7 Å². The van der Waals surface area contributed by atoms with Gasteiger partial charge in [0.15, 0.2) is 15.7 Å². The lowest BCUT2D eigenvalue weighted by Gasteiger charge is -2.17. The molecule has 0 unspecified atom stereocenters. The third-order valence-corrected chi connectivity index (χ3v) is 7.33. The monoisotopic (exact) mass is 549 g/mol. The zero-order chi connectivity index (χ0) is 28.1. The highest BCUT2D eigenvalue weighted by atomic mass is 32.2. The highest BCUT2D eigenvalue weighted by molar-refractivity contribution is 7.91. The van der Waals surface area contributed by atoms with E-state index in [0.717, 1.165) is 30.1 Å². The Kier molecular flexibility index (Phi) is 7.07. The number of sulfone groups is 1. The summed E-state index contributed by atoms with van der Waals surface area (Å²) in [5, 5.41) is 0. The van der Waals surface area contributed by atoms with Gasteiger partial charge in [-0.2, -0.15) is 26.3 Å². The van der Waals surface area contributed by atoms with Crippen LogP contribution in [0.3, 0.4) is 0 Å². The van der Waals surface area contributed by atoms with Crippen LogP contribution in [0, 0.1) is 0 Å². The summed E-state index contributed by atoms with van der Waals surface area (Å²) in [6.45, 7) is 4.27. The summed E-state index contributed by atoms with van der Waals surface area (Å²) in [5.74, 6) is -0.576. The number of aromatic nitrogens is 4. The maximum absolute atomic E-state index is 13.4. The fourth-order valence-corrected chi connectivity index (χ4v) is 4.47. The molecular weight excluding hydrogens is 528 g/mol. The molecule has 3 aromatic rings. The van der Waals surface area contributed by atoms with Crippen molar-refractivity contribution in [3.8, 4) is 11.5 Å². The van der Waals surface area contributed by atoms with Crippen LogP contribution in [-0.2, 0) is 30.1 Å². The van der Waals surface area contributed by atoms with E-state index in [1.54, 1.807) is 0 Å². The third-order valence-electron chi connectivity index (χ3n) is 5.59. The molecule has 0 fully saturated rings. The van der Waals surface area contributed by atoms with E-state index in [9.17, 15) is 39.6 Å². The minimum atomic E-state index is -4.84.